The largest absolute Gasteiger partial charge is 0.476 e. The average molecular weight is 286 g/mol. The molecule has 0 atom stereocenters. The number of carboxylic acids is 1. The fourth-order valence-corrected chi connectivity index (χ4v) is 1.98. The van der Waals surface area contributed by atoms with Crippen molar-refractivity contribution in [1.29, 1.82) is 0 Å². The molecule has 0 spiro atoms. The van der Waals surface area contributed by atoms with Crippen molar-refractivity contribution in [2.75, 3.05) is 0 Å². The number of nitrogens with zero attached hydrogens (tertiary/aromatic N) is 2. The SMILES string of the molecule is CCc1onc(C(=O)O)c1Cc1c(C)n[nH]c1C.Cl. The second-order valence-electron chi connectivity index (χ2n) is 4.18. The normalized spacial score (nSPS) is 10.3. The van der Waals surface area contributed by atoms with E-state index in [9.17, 15) is 4.79 Å². The lowest BCUT2D eigenvalue weighted by Crippen LogP contribution is -2.04. The van der Waals surface area contributed by atoms with Crippen LogP contribution < -0.4 is 0 Å². The van der Waals surface area contributed by atoms with Gasteiger partial charge in [0.25, 0.3) is 0 Å². The predicted octanol–water partition coefficient (Wildman–Crippen LogP) is 2.29. The smallest absolute Gasteiger partial charge is 0.358 e. The van der Waals surface area contributed by atoms with Gasteiger partial charge in [0.15, 0.2) is 5.69 Å². The van der Waals surface area contributed by atoms with E-state index >= 15 is 0 Å². The van der Waals surface area contributed by atoms with Gasteiger partial charge in [0.05, 0.1) is 5.69 Å². The summed E-state index contributed by atoms with van der Waals surface area (Å²) in [5.41, 5.74) is 3.43. The van der Waals surface area contributed by atoms with Gasteiger partial charge in [0.2, 0.25) is 0 Å². The third-order valence-corrected chi connectivity index (χ3v) is 3.03. The van der Waals surface area contributed by atoms with E-state index in [0.717, 1.165) is 17.0 Å². The Bertz CT molecular complexity index is 570. The highest BCUT2D eigenvalue weighted by Gasteiger charge is 2.22. The summed E-state index contributed by atoms with van der Waals surface area (Å²) in [5, 5.41) is 19.7. The van der Waals surface area contributed by atoms with Crippen molar-refractivity contribution < 1.29 is 14.4 Å². The quantitative estimate of drug-likeness (QED) is 0.899. The number of aromatic amines is 1. The van der Waals surface area contributed by atoms with E-state index in [1.807, 2.05) is 20.8 Å². The maximum atomic E-state index is 11.1. The molecule has 2 N–H and O–H groups in total. The Kier molecular flexibility index (Phi) is 4.72. The molecule has 19 heavy (non-hydrogen) atoms. The number of nitrogens with one attached hydrogen (secondary N) is 1. The standard InChI is InChI=1S/C12H15N3O3.ClH/c1-4-10-9(11(12(16)17)15-18-10)5-8-6(2)13-14-7(8)3;/h4-5H2,1-3H3,(H,13,14)(H,16,17);1H. The summed E-state index contributed by atoms with van der Waals surface area (Å²) in [7, 11) is 0. The van der Waals surface area contributed by atoms with Gasteiger partial charge in [-0.25, -0.2) is 4.79 Å². The van der Waals surface area contributed by atoms with E-state index in [1.165, 1.54) is 0 Å². The second kappa shape index (κ2) is 5.88. The number of carbonyl (C=O) groups is 1. The summed E-state index contributed by atoms with van der Waals surface area (Å²) in [4.78, 5) is 11.1. The number of aromatic carboxylic acids is 1. The topological polar surface area (TPSA) is 92.0 Å². The molecule has 0 unspecified atom stereocenters. The zero-order chi connectivity index (χ0) is 13.3. The van der Waals surface area contributed by atoms with Gasteiger partial charge in [-0.15, -0.1) is 12.4 Å². The van der Waals surface area contributed by atoms with Crippen LogP contribution >= 0.6 is 12.4 Å². The van der Waals surface area contributed by atoms with E-state index < -0.39 is 5.97 Å². The molecule has 0 radical (unpaired) electrons. The predicted molar refractivity (Wildman–Crippen MR) is 71.0 cm³/mol. The van der Waals surface area contributed by atoms with Crippen LogP contribution in [0, 0.1) is 13.8 Å². The molecule has 2 rings (SSSR count). The van der Waals surface area contributed by atoms with Crippen LogP contribution in [0.25, 0.3) is 0 Å². The molecule has 104 valence electrons. The fraction of sp³-hybridized carbons (Fsp3) is 0.417. The Hall–Kier alpha value is -1.82. The van der Waals surface area contributed by atoms with Crippen molar-refractivity contribution in [3.63, 3.8) is 0 Å². The lowest BCUT2D eigenvalue weighted by atomic mass is 10.0. The van der Waals surface area contributed by atoms with E-state index in [1.54, 1.807) is 0 Å². The summed E-state index contributed by atoms with van der Waals surface area (Å²) in [5.74, 6) is -0.445. The Balaban J connectivity index is 0.00000180. The number of H-pyrrole nitrogens is 1. The number of carboxylic acid groups (broad SMARTS) is 1. The van der Waals surface area contributed by atoms with Gasteiger partial charge in [-0.05, 0) is 13.8 Å². The van der Waals surface area contributed by atoms with E-state index in [-0.39, 0.29) is 18.1 Å². The minimum Gasteiger partial charge on any atom is -0.476 e. The number of halogens is 1. The summed E-state index contributed by atoms with van der Waals surface area (Å²) < 4.78 is 5.07. The van der Waals surface area contributed by atoms with Crippen LogP contribution in [0.1, 0.15) is 45.7 Å². The highest BCUT2D eigenvalue weighted by molar-refractivity contribution is 5.87. The monoisotopic (exact) mass is 285 g/mol. The molecule has 2 aromatic heterocycles. The second-order valence-corrected chi connectivity index (χ2v) is 4.18. The lowest BCUT2D eigenvalue weighted by molar-refractivity contribution is 0.0684. The Morgan fingerprint density at radius 3 is 2.53 bits per heavy atom. The van der Waals surface area contributed by atoms with Gasteiger partial charge in [0.1, 0.15) is 5.76 Å². The van der Waals surface area contributed by atoms with E-state index in [4.69, 9.17) is 9.63 Å². The molecule has 0 saturated heterocycles. The van der Waals surface area contributed by atoms with Crippen LogP contribution in [0.2, 0.25) is 0 Å². The number of hydrogen-bond acceptors (Lipinski definition) is 4. The van der Waals surface area contributed by atoms with Gasteiger partial charge in [-0.1, -0.05) is 12.1 Å². The molecule has 0 bridgehead atoms. The van der Waals surface area contributed by atoms with Crippen molar-refractivity contribution in [2.45, 2.75) is 33.6 Å². The molecule has 0 aliphatic carbocycles. The molecule has 0 fully saturated rings. The minimum absolute atomic E-state index is 0. The first-order valence-electron chi connectivity index (χ1n) is 5.75. The van der Waals surface area contributed by atoms with Crippen LogP contribution in [0.3, 0.4) is 0 Å². The molecular formula is C12H16ClN3O3. The Morgan fingerprint density at radius 1 is 1.37 bits per heavy atom. The number of rotatable bonds is 4. The molecule has 2 aromatic rings. The van der Waals surface area contributed by atoms with E-state index in [2.05, 4.69) is 15.4 Å². The Labute approximate surface area is 116 Å². The molecule has 0 aliphatic heterocycles. The van der Waals surface area contributed by atoms with E-state index in [0.29, 0.717) is 24.2 Å². The minimum atomic E-state index is -1.06. The Morgan fingerprint density at radius 2 is 2.05 bits per heavy atom. The molecule has 0 saturated carbocycles. The molecule has 7 heteroatoms. The van der Waals surface area contributed by atoms with Gasteiger partial charge < -0.3 is 9.63 Å². The fourth-order valence-electron chi connectivity index (χ4n) is 1.98. The average Bonchev–Trinajstić information content (AvgIpc) is 2.87. The van der Waals surface area contributed by atoms with Gasteiger partial charge >= 0.3 is 5.97 Å². The lowest BCUT2D eigenvalue weighted by Gasteiger charge is -2.01. The van der Waals surface area contributed by atoms with Crippen molar-refractivity contribution in [3.8, 4) is 0 Å². The molecule has 6 nitrogen and oxygen atoms in total. The first kappa shape index (κ1) is 15.2. The summed E-state index contributed by atoms with van der Waals surface area (Å²) in [6.45, 7) is 5.71. The van der Waals surface area contributed by atoms with Gasteiger partial charge in [-0.2, -0.15) is 5.10 Å². The third kappa shape index (κ3) is 2.78. The van der Waals surface area contributed by atoms with Crippen LogP contribution in [-0.2, 0) is 12.8 Å². The number of aromatic nitrogens is 3. The number of hydrogen-bond donors (Lipinski definition) is 2. The van der Waals surface area contributed by atoms with Crippen molar-refractivity contribution >= 4 is 18.4 Å². The van der Waals surface area contributed by atoms with Gasteiger partial charge in [-0.3, -0.25) is 5.10 Å². The van der Waals surface area contributed by atoms with Crippen molar-refractivity contribution in [3.05, 3.63) is 34.0 Å². The highest BCUT2D eigenvalue weighted by atomic mass is 35.5. The number of aryl methyl sites for hydroxylation is 3. The molecule has 0 aliphatic rings. The summed E-state index contributed by atoms with van der Waals surface area (Å²) in [6, 6.07) is 0. The zero-order valence-electron chi connectivity index (χ0n) is 11.0. The zero-order valence-corrected chi connectivity index (χ0v) is 11.8. The van der Waals surface area contributed by atoms with Crippen LogP contribution in [0.4, 0.5) is 0 Å². The van der Waals surface area contributed by atoms with Gasteiger partial charge in [0, 0.05) is 29.7 Å². The molecular weight excluding hydrogens is 270 g/mol. The van der Waals surface area contributed by atoms with Crippen molar-refractivity contribution in [1.82, 2.24) is 15.4 Å². The maximum Gasteiger partial charge on any atom is 0.358 e. The highest BCUT2D eigenvalue weighted by Crippen LogP contribution is 2.22. The maximum absolute atomic E-state index is 11.1. The first-order valence-corrected chi connectivity index (χ1v) is 5.75. The third-order valence-electron chi connectivity index (χ3n) is 3.03. The van der Waals surface area contributed by atoms with Crippen LogP contribution in [-0.4, -0.2) is 26.4 Å². The molecule has 0 aromatic carbocycles. The van der Waals surface area contributed by atoms with Crippen molar-refractivity contribution in [2.24, 2.45) is 0 Å². The molecule has 2 heterocycles. The van der Waals surface area contributed by atoms with Crippen LogP contribution in [0.5, 0.6) is 0 Å². The first-order chi connectivity index (χ1) is 8.54. The molecule has 0 amide bonds. The van der Waals surface area contributed by atoms with Crippen LogP contribution in [0.15, 0.2) is 4.52 Å². The summed E-state index contributed by atoms with van der Waals surface area (Å²) >= 11 is 0. The summed E-state index contributed by atoms with van der Waals surface area (Å²) in [6.07, 6.45) is 1.09.